The molecule has 2 atom stereocenters. The molecule has 194 valence electrons. The summed E-state index contributed by atoms with van der Waals surface area (Å²) in [5.74, 6) is 1.09. The molecule has 2 aliphatic heterocycles. The minimum atomic E-state index is -4.40. The lowest BCUT2D eigenvalue weighted by Gasteiger charge is -2.39. The highest BCUT2D eigenvalue weighted by molar-refractivity contribution is 7.98. The maximum Gasteiger partial charge on any atom is 0.416 e. The highest BCUT2D eigenvalue weighted by Gasteiger charge is 2.44. The Morgan fingerprint density at radius 1 is 0.973 bits per heavy atom. The number of rotatable bonds is 6. The second-order valence-corrected chi connectivity index (χ2v) is 11.1. The van der Waals surface area contributed by atoms with Gasteiger partial charge in [-0.2, -0.15) is 13.2 Å². The Balaban J connectivity index is 1.20. The number of carbonyl (C=O) groups excluding carboxylic acids is 1. The number of carbonyl (C=O) groups is 1. The van der Waals surface area contributed by atoms with E-state index in [4.69, 9.17) is 4.74 Å². The molecule has 2 saturated heterocycles. The van der Waals surface area contributed by atoms with Crippen LogP contribution in [0, 0.1) is 13.8 Å². The number of nitrogens with zero attached hydrogens (tertiary/aromatic N) is 1. The Labute approximate surface area is 220 Å². The number of hydrogen-bond acceptors (Lipinski definition) is 3. The molecule has 7 heteroatoms. The van der Waals surface area contributed by atoms with Gasteiger partial charge in [0.2, 0.25) is 0 Å². The van der Waals surface area contributed by atoms with Gasteiger partial charge in [0.05, 0.1) is 5.56 Å². The Morgan fingerprint density at radius 3 is 2.32 bits per heavy atom. The van der Waals surface area contributed by atoms with Gasteiger partial charge in [-0.1, -0.05) is 35.9 Å². The molecule has 3 aromatic carbocycles. The Hall–Kier alpha value is -2.93. The van der Waals surface area contributed by atoms with E-state index in [1.807, 2.05) is 29.2 Å². The van der Waals surface area contributed by atoms with Gasteiger partial charge < -0.3 is 9.64 Å². The number of ether oxygens (including phenoxy) is 1. The van der Waals surface area contributed by atoms with Crippen molar-refractivity contribution >= 4 is 17.7 Å². The second kappa shape index (κ2) is 10.4. The molecular formula is C30H30F3NO2S. The van der Waals surface area contributed by atoms with Crippen LogP contribution >= 0.6 is 11.8 Å². The van der Waals surface area contributed by atoms with Crippen molar-refractivity contribution in [2.75, 3.05) is 0 Å². The molecule has 0 aromatic heterocycles. The first-order chi connectivity index (χ1) is 17.7. The van der Waals surface area contributed by atoms with Gasteiger partial charge in [-0.25, -0.2) is 0 Å². The van der Waals surface area contributed by atoms with Crippen molar-refractivity contribution in [3.8, 4) is 5.75 Å². The molecule has 2 aliphatic rings. The summed E-state index contributed by atoms with van der Waals surface area (Å²) in [5, 5.41) is 0. The van der Waals surface area contributed by atoms with E-state index in [2.05, 4.69) is 32.0 Å². The lowest BCUT2D eigenvalue weighted by atomic mass is 9.98. The third kappa shape index (κ3) is 5.82. The fraction of sp³-hybridized carbons (Fsp3) is 0.367. The summed E-state index contributed by atoms with van der Waals surface area (Å²) in [6, 6.07) is 19.5. The second-order valence-electron chi connectivity index (χ2n) is 10.1. The quantitative estimate of drug-likeness (QED) is 0.307. The van der Waals surface area contributed by atoms with Crippen molar-refractivity contribution in [3.05, 3.63) is 94.5 Å². The van der Waals surface area contributed by atoms with Crippen molar-refractivity contribution in [1.82, 2.24) is 4.90 Å². The van der Waals surface area contributed by atoms with Gasteiger partial charge in [-0.3, -0.25) is 4.79 Å². The first-order valence-corrected chi connectivity index (χ1v) is 13.6. The molecule has 2 bridgehead atoms. The van der Waals surface area contributed by atoms with Gasteiger partial charge in [-0.05, 0) is 74.2 Å². The van der Waals surface area contributed by atoms with E-state index < -0.39 is 11.7 Å². The molecule has 0 saturated carbocycles. The maximum absolute atomic E-state index is 13.4. The topological polar surface area (TPSA) is 29.5 Å². The molecule has 0 spiro atoms. The number of halogens is 3. The summed E-state index contributed by atoms with van der Waals surface area (Å²) in [7, 11) is 0. The zero-order chi connectivity index (χ0) is 26.2. The van der Waals surface area contributed by atoms with Crippen LogP contribution < -0.4 is 4.74 Å². The van der Waals surface area contributed by atoms with Gasteiger partial charge in [0.25, 0.3) is 5.91 Å². The number of amides is 1. The number of benzene rings is 3. The molecule has 1 amide bonds. The van der Waals surface area contributed by atoms with Crippen LogP contribution in [0.3, 0.4) is 0 Å². The fourth-order valence-electron chi connectivity index (χ4n) is 5.51. The van der Waals surface area contributed by atoms with Crippen LogP contribution in [0.5, 0.6) is 5.75 Å². The SMILES string of the molecule is Cc1ccc(SCc2ccc(C(=O)N3C4CCC3CC(Oc3cccc(C(F)(F)F)c3)C4)cc2)c(C)c1. The molecule has 0 aliphatic carbocycles. The van der Waals surface area contributed by atoms with E-state index in [0.29, 0.717) is 18.4 Å². The van der Waals surface area contributed by atoms with E-state index in [-0.39, 0.29) is 29.8 Å². The first-order valence-electron chi connectivity index (χ1n) is 12.6. The maximum atomic E-state index is 13.4. The summed E-state index contributed by atoms with van der Waals surface area (Å²) in [6.07, 6.45) is -1.56. The molecule has 5 rings (SSSR count). The van der Waals surface area contributed by atoms with Gasteiger partial charge in [0.15, 0.2) is 0 Å². The number of fused-ring (bicyclic) bond motifs is 2. The average Bonchev–Trinajstić information content (AvgIpc) is 3.13. The molecule has 2 heterocycles. The Bertz CT molecular complexity index is 1260. The van der Waals surface area contributed by atoms with Gasteiger partial charge >= 0.3 is 6.18 Å². The largest absolute Gasteiger partial charge is 0.490 e. The fourth-order valence-corrected chi connectivity index (χ4v) is 6.47. The van der Waals surface area contributed by atoms with E-state index >= 15 is 0 Å². The van der Waals surface area contributed by atoms with Gasteiger partial charge in [-0.15, -0.1) is 11.8 Å². The van der Waals surface area contributed by atoms with Crippen molar-refractivity contribution < 1.29 is 22.7 Å². The van der Waals surface area contributed by atoms with Crippen LogP contribution in [0.1, 0.15) is 58.3 Å². The standard InChI is InChI=1S/C30H30F3NO2S/c1-19-6-13-28(20(2)14-19)37-18-21-7-9-22(10-8-21)29(35)34-24-11-12-25(34)17-27(16-24)36-26-5-3-4-23(15-26)30(31,32)33/h3-10,13-15,24-25,27H,11-12,16-18H2,1-2H3. The molecule has 2 unspecified atom stereocenters. The third-order valence-corrected chi connectivity index (χ3v) is 8.56. The molecule has 37 heavy (non-hydrogen) atoms. The summed E-state index contributed by atoms with van der Waals surface area (Å²) in [5.41, 5.74) is 3.65. The number of hydrogen-bond donors (Lipinski definition) is 0. The number of alkyl halides is 3. The van der Waals surface area contributed by atoms with Crippen molar-refractivity contribution in [1.29, 1.82) is 0 Å². The van der Waals surface area contributed by atoms with Crippen LogP contribution in [0.4, 0.5) is 13.2 Å². The number of aryl methyl sites for hydroxylation is 2. The normalized spacial score (nSPS) is 21.2. The number of thioether (sulfide) groups is 1. The highest BCUT2D eigenvalue weighted by Crippen LogP contribution is 2.39. The van der Waals surface area contributed by atoms with Crippen LogP contribution in [-0.2, 0) is 11.9 Å². The summed E-state index contributed by atoms with van der Waals surface area (Å²) >= 11 is 1.79. The zero-order valence-electron chi connectivity index (χ0n) is 20.9. The van der Waals surface area contributed by atoms with Crippen molar-refractivity contribution in [3.63, 3.8) is 0 Å². The third-order valence-electron chi connectivity index (χ3n) is 7.31. The molecule has 3 nitrogen and oxygen atoms in total. The molecule has 2 fully saturated rings. The van der Waals surface area contributed by atoms with Crippen LogP contribution in [-0.4, -0.2) is 29.0 Å². The van der Waals surface area contributed by atoms with Crippen LogP contribution in [0.15, 0.2) is 71.6 Å². The molecule has 0 radical (unpaired) electrons. The van der Waals surface area contributed by atoms with Crippen LogP contribution in [0.2, 0.25) is 0 Å². The predicted octanol–water partition coefficient (Wildman–Crippen LogP) is 7.83. The molecule has 0 N–H and O–H groups in total. The van der Waals surface area contributed by atoms with Crippen molar-refractivity contribution in [2.45, 2.75) is 74.5 Å². The highest BCUT2D eigenvalue weighted by atomic mass is 32.2. The van der Waals surface area contributed by atoms with Gasteiger partial charge in [0.1, 0.15) is 11.9 Å². The predicted molar refractivity (Wildman–Crippen MR) is 140 cm³/mol. The van der Waals surface area contributed by atoms with E-state index in [1.54, 1.807) is 17.8 Å². The zero-order valence-corrected chi connectivity index (χ0v) is 21.7. The van der Waals surface area contributed by atoms with E-state index in [0.717, 1.165) is 36.3 Å². The number of piperidine rings is 1. The molecular weight excluding hydrogens is 495 g/mol. The lowest BCUT2D eigenvalue weighted by Crippen LogP contribution is -2.49. The monoisotopic (exact) mass is 525 g/mol. The Morgan fingerprint density at radius 2 is 1.68 bits per heavy atom. The Kier molecular flexibility index (Phi) is 7.26. The minimum absolute atomic E-state index is 0.0265. The van der Waals surface area contributed by atoms with E-state index in [9.17, 15) is 18.0 Å². The smallest absolute Gasteiger partial charge is 0.416 e. The van der Waals surface area contributed by atoms with Gasteiger partial charge in [0, 0.05) is 41.1 Å². The summed E-state index contributed by atoms with van der Waals surface area (Å²) in [4.78, 5) is 16.6. The lowest BCUT2D eigenvalue weighted by molar-refractivity contribution is -0.137. The molecule has 3 aromatic rings. The minimum Gasteiger partial charge on any atom is -0.490 e. The van der Waals surface area contributed by atoms with Crippen molar-refractivity contribution in [2.24, 2.45) is 0 Å². The average molecular weight is 526 g/mol. The summed E-state index contributed by atoms with van der Waals surface area (Å²) in [6.45, 7) is 4.22. The first kappa shape index (κ1) is 25.7. The van der Waals surface area contributed by atoms with E-state index in [1.165, 1.54) is 22.1 Å². The summed E-state index contributed by atoms with van der Waals surface area (Å²) < 4.78 is 45.1. The van der Waals surface area contributed by atoms with Crippen LogP contribution in [0.25, 0.3) is 0 Å².